The van der Waals surface area contributed by atoms with E-state index in [4.69, 9.17) is 49.5 Å². The number of methoxy groups -OCH3 is 2. The van der Waals surface area contributed by atoms with Gasteiger partial charge in [-0.05, 0) is 80.3 Å². The lowest BCUT2D eigenvalue weighted by Crippen LogP contribution is -2.51. The molecule has 484 valence electrons. The molecule has 0 aromatic heterocycles. The molecule has 2 aromatic rings. The number of aryl methyl sites for hydroxylation is 1. The van der Waals surface area contributed by atoms with Crippen LogP contribution in [0.5, 0.6) is 5.75 Å². The first kappa shape index (κ1) is 73.4. The molecule has 21 nitrogen and oxygen atoms in total. The third-order valence-electron chi connectivity index (χ3n) is 15.4. The highest BCUT2D eigenvalue weighted by molar-refractivity contribution is 6.32. The van der Waals surface area contributed by atoms with Crippen LogP contribution in [0, 0.1) is 29.1 Å². The first-order chi connectivity index (χ1) is 41.4. The van der Waals surface area contributed by atoms with Crippen molar-refractivity contribution in [1.29, 1.82) is 0 Å². The number of ketones is 3. The number of hydrogen-bond donors (Lipinski definition) is 3. The van der Waals surface area contributed by atoms with Gasteiger partial charge in [0.15, 0.2) is 11.9 Å². The normalized spacial score (nSPS) is 20.5. The lowest BCUT2D eigenvalue weighted by molar-refractivity contribution is -0.179. The summed E-state index contributed by atoms with van der Waals surface area (Å²) in [7, 11) is 3.09. The number of carbonyl (C=O) groups excluding carboxylic acids is 9. The van der Waals surface area contributed by atoms with Crippen molar-refractivity contribution in [3.63, 3.8) is 0 Å². The molecule has 4 rings (SSSR count). The van der Waals surface area contributed by atoms with Crippen molar-refractivity contribution in [2.24, 2.45) is 29.1 Å². The van der Waals surface area contributed by atoms with Gasteiger partial charge in [0.1, 0.15) is 35.6 Å². The molecule has 22 heteroatoms. The van der Waals surface area contributed by atoms with E-state index in [0.717, 1.165) is 11.1 Å². The van der Waals surface area contributed by atoms with Crippen LogP contribution in [0.1, 0.15) is 136 Å². The molecular formula is C65H95ClN4O17. The van der Waals surface area contributed by atoms with E-state index < -0.39 is 77.3 Å². The van der Waals surface area contributed by atoms with Crippen LogP contribution in [0.2, 0.25) is 5.02 Å². The van der Waals surface area contributed by atoms with Crippen LogP contribution in [-0.4, -0.2) is 168 Å². The Hall–Kier alpha value is -6.10. The molecule has 4 amide bonds. The van der Waals surface area contributed by atoms with Gasteiger partial charge in [0.25, 0.3) is 0 Å². The van der Waals surface area contributed by atoms with E-state index in [0.29, 0.717) is 62.2 Å². The number of esters is 2. The molecule has 0 radical (unpaired) electrons. The molecule has 8 atom stereocenters. The van der Waals surface area contributed by atoms with E-state index in [1.54, 1.807) is 59.1 Å². The topological polar surface area (TPSA) is 270 Å². The molecule has 2 aliphatic rings. The second kappa shape index (κ2) is 37.7. The number of halogens is 1. The van der Waals surface area contributed by atoms with E-state index >= 15 is 0 Å². The van der Waals surface area contributed by atoms with Gasteiger partial charge in [-0.3, -0.25) is 38.4 Å². The van der Waals surface area contributed by atoms with Gasteiger partial charge < -0.3 is 58.7 Å². The summed E-state index contributed by atoms with van der Waals surface area (Å²) in [5, 5.41) is 8.71. The van der Waals surface area contributed by atoms with E-state index in [2.05, 4.69) is 16.0 Å². The van der Waals surface area contributed by atoms with Crippen molar-refractivity contribution in [1.82, 2.24) is 20.9 Å². The quantitative estimate of drug-likeness (QED) is 0.0351. The third-order valence-corrected chi connectivity index (χ3v) is 15.7. The molecular weight excluding hydrogens is 1140 g/mol. The molecule has 0 aliphatic carbocycles. The van der Waals surface area contributed by atoms with Crippen molar-refractivity contribution in [2.45, 2.75) is 163 Å². The summed E-state index contributed by atoms with van der Waals surface area (Å²) in [6.07, 6.45) is 1.34. The SMILES string of the molecule is CCC(=O)CCN(CCC(=O)C[C@H](C(=O)N[C@@H](C)C(=O)CCc1ccc([C@H]2O[C@@H]2[C@@H](C)[C@@H]2C/C=C/C(=O)NC(Cc3ccc(OC)c(Cl)c3)C(=O)NCC(C)(C)C(=O)O[C@@H](CC(C)C)C(=O)O2)cc1)C(C)C)C(=O)CCOCCOCCOCCOC. The summed E-state index contributed by atoms with van der Waals surface area (Å²) >= 11 is 6.39. The lowest BCUT2D eigenvalue weighted by atomic mass is 9.88. The minimum Gasteiger partial charge on any atom is -0.495 e. The first-order valence-corrected chi connectivity index (χ1v) is 30.8. The van der Waals surface area contributed by atoms with E-state index in [1.807, 2.05) is 58.9 Å². The minimum absolute atomic E-state index is 0.00494. The number of nitrogens with zero attached hydrogens (tertiary/aromatic N) is 1. The monoisotopic (exact) mass is 1240 g/mol. The standard InChI is InChI=1S/C65H95ClN4O17/c1-12-48(71)24-27-70(58(75)26-29-82-32-33-84-35-34-83-31-30-80-10)28-25-49(72)39-50(42(4)5)61(76)68-44(7)53(73)22-18-45-16-20-47(21-17-45)60-59(87-60)43(6)54-14-13-15-57(74)69-52(38-46-19-23-55(81-11)51(66)37-46)62(77)67-40-65(8,9)64(79)86-56(36-41(2)3)63(78)85-54/h13,15-17,19-21,23,37,41-44,50,52,54,56,59-60H,12,14,18,22,24-36,38-40H2,1-11H3,(H,67,77)(H,68,76)(H,69,74)/b15-13+/t43-,44-,50-,52?,54-,56-,59+,60+/m0/s1. The Morgan fingerprint density at radius 3 is 2.03 bits per heavy atom. The maximum absolute atomic E-state index is 14.0. The molecule has 0 saturated carbocycles. The van der Waals surface area contributed by atoms with Crippen LogP contribution in [0.15, 0.2) is 54.6 Å². The molecule has 2 aromatic carbocycles. The second-order valence-corrected chi connectivity index (χ2v) is 24.1. The summed E-state index contributed by atoms with van der Waals surface area (Å²) in [6, 6.07) is 10.8. The first-order valence-electron chi connectivity index (χ1n) is 30.5. The number of hydrogen-bond acceptors (Lipinski definition) is 17. The van der Waals surface area contributed by atoms with Crippen LogP contribution >= 0.6 is 11.6 Å². The molecule has 87 heavy (non-hydrogen) atoms. The molecule has 1 fully saturated rings. The number of rotatable bonds is 36. The molecule has 3 N–H and O–H groups in total. The van der Waals surface area contributed by atoms with Crippen molar-refractivity contribution in [3.05, 3.63) is 76.3 Å². The van der Waals surface area contributed by atoms with Gasteiger partial charge in [0.05, 0.1) is 82.4 Å². The van der Waals surface area contributed by atoms with Crippen LogP contribution in [0.4, 0.5) is 0 Å². The lowest BCUT2D eigenvalue weighted by Gasteiger charge is -2.29. The number of cyclic esters (lactones) is 2. The van der Waals surface area contributed by atoms with Crippen LogP contribution < -0.4 is 20.7 Å². The number of benzene rings is 2. The Balaban J connectivity index is 1.33. The highest BCUT2D eigenvalue weighted by atomic mass is 35.5. The average molecular weight is 1240 g/mol. The van der Waals surface area contributed by atoms with Gasteiger partial charge in [-0.2, -0.15) is 0 Å². The Labute approximate surface area is 518 Å². The fourth-order valence-corrected chi connectivity index (χ4v) is 9.90. The summed E-state index contributed by atoms with van der Waals surface area (Å²) in [5.41, 5.74) is 1.10. The third kappa shape index (κ3) is 25.9. The number of Topliss-reactive ketones (excluding diaryl/α,β-unsaturated/α-hetero) is 3. The highest BCUT2D eigenvalue weighted by Gasteiger charge is 2.48. The summed E-state index contributed by atoms with van der Waals surface area (Å²) < 4.78 is 44.9. The second-order valence-electron chi connectivity index (χ2n) is 23.7. The fraction of sp³-hybridized carbons (Fsp3) is 0.646. The van der Waals surface area contributed by atoms with Crippen molar-refractivity contribution in [3.8, 4) is 5.75 Å². The maximum atomic E-state index is 14.0. The maximum Gasteiger partial charge on any atom is 0.347 e. The van der Waals surface area contributed by atoms with Gasteiger partial charge in [-0.15, -0.1) is 0 Å². The Bertz CT molecular complexity index is 2610. The summed E-state index contributed by atoms with van der Waals surface area (Å²) in [4.78, 5) is 122. The Kier molecular flexibility index (Phi) is 31.8. The largest absolute Gasteiger partial charge is 0.495 e. The van der Waals surface area contributed by atoms with Crippen molar-refractivity contribution < 1.29 is 81.0 Å². The minimum atomic E-state index is -1.28. The molecule has 1 unspecified atom stereocenters. The van der Waals surface area contributed by atoms with Gasteiger partial charge in [-0.1, -0.05) is 89.6 Å². The van der Waals surface area contributed by atoms with Crippen molar-refractivity contribution >= 4 is 64.5 Å². The van der Waals surface area contributed by atoms with Crippen molar-refractivity contribution in [2.75, 3.05) is 80.1 Å². The summed E-state index contributed by atoms with van der Waals surface area (Å²) in [5.74, 6) is -4.62. The Morgan fingerprint density at radius 1 is 0.793 bits per heavy atom. The fourth-order valence-electron chi connectivity index (χ4n) is 9.62. The predicted octanol–water partition coefficient (Wildman–Crippen LogP) is 7.04. The smallest absolute Gasteiger partial charge is 0.347 e. The number of amides is 4. The van der Waals surface area contributed by atoms with Crippen LogP contribution in [-0.2, 0) is 89.2 Å². The molecule has 2 heterocycles. The number of ether oxygens (including phenoxy) is 8. The number of epoxide rings is 1. The van der Waals surface area contributed by atoms with E-state index in [9.17, 15) is 43.2 Å². The average Bonchev–Trinajstić information content (AvgIpc) is 1.91. The predicted molar refractivity (Wildman–Crippen MR) is 326 cm³/mol. The van der Waals surface area contributed by atoms with Crippen LogP contribution in [0.3, 0.4) is 0 Å². The zero-order valence-electron chi connectivity index (χ0n) is 52.9. The molecule has 0 spiro atoms. The molecule has 0 bridgehead atoms. The van der Waals surface area contributed by atoms with E-state index in [1.165, 1.54) is 18.1 Å². The zero-order chi connectivity index (χ0) is 64.2. The molecule has 2 aliphatic heterocycles. The van der Waals surface area contributed by atoms with Gasteiger partial charge >= 0.3 is 11.9 Å². The van der Waals surface area contributed by atoms with Gasteiger partial charge in [0.2, 0.25) is 23.6 Å². The van der Waals surface area contributed by atoms with Gasteiger partial charge in [-0.25, -0.2) is 4.79 Å². The van der Waals surface area contributed by atoms with E-state index in [-0.39, 0.29) is 125 Å². The Morgan fingerprint density at radius 2 is 1.43 bits per heavy atom. The zero-order valence-corrected chi connectivity index (χ0v) is 53.6. The number of carbonyl (C=O) groups is 9. The highest BCUT2D eigenvalue weighted by Crippen LogP contribution is 2.45. The molecule has 1 saturated heterocycles. The van der Waals surface area contributed by atoms with Crippen LogP contribution in [0.25, 0.3) is 0 Å². The number of nitrogens with one attached hydrogen (secondary N) is 3. The van der Waals surface area contributed by atoms with Gasteiger partial charge in [0, 0.05) is 83.5 Å². The summed E-state index contributed by atoms with van der Waals surface area (Å²) in [6.45, 7) is 18.6.